The first-order chi connectivity index (χ1) is 12.1. The number of rotatable bonds is 3. The largest absolute Gasteiger partial charge is 0.508 e. The van der Waals surface area contributed by atoms with Gasteiger partial charge in [-0.2, -0.15) is 5.10 Å². The number of benzene rings is 2. The molecule has 8 heteroatoms. The van der Waals surface area contributed by atoms with E-state index in [1.165, 1.54) is 18.2 Å². The molecule has 25 heavy (non-hydrogen) atoms. The van der Waals surface area contributed by atoms with Crippen molar-refractivity contribution in [3.05, 3.63) is 53.6 Å². The molecular formula is C17H11ClN4O3. The van der Waals surface area contributed by atoms with Crippen LogP contribution in [0, 0.1) is 0 Å². The lowest BCUT2D eigenvalue weighted by Crippen LogP contribution is -1.79. The zero-order valence-electron chi connectivity index (χ0n) is 12.6. The molecule has 2 aromatic carbocycles. The normalized spacial score (nSPS) is 10.9. The minimum atomic E-state index is -0.151. The van der Waals surface area contributed by atoms with Gasteiger partial charge in [0.15, 0.2) is 0 Å². The Kier molecular flexibility index (Phi) is 3.62. The van der Waals surface area contributed by atoms with Crippen molar-refractivity contribution in [3.8, 4) is 45.8 Å². The zero-order chi connectivity index (χ0) is 17.4. The van der Waals surface area contributed by atoms with E-state index in [4.69, 9.17) is 16.0 Å². The Bertz CT molecular complexity index is 1040. The highest BCUT2D eigenvalue weighted by molar-refractivity contribution is 6.30. The number of hydrogen-bond donors (Lipinski definition) is 3. The Labute approximate surface area is 146 Å². The number of H-pyrrole nitrogens is 1. The number of phenolic OH excluding ortho intramolecular Hbond substituents is 2. The lowest BCUT2D eigenvalue weighted by molar-refractivity contribution is 0.450. The summed E-state index contributed by atoms with van der Waals surface area (Å²) in [4.78, 5) is 0. The van der Waals surface area contributed by atoms with Crippen molar-refractivity contribution in [2.75, 3.05) is 0 Å². The van der Waals surface area contributed by atoms with Gasteiger partial charge in [0.05, 0.1) is 11.3 Å². The molecule has 0 unspecified atom stereocenters. The summed E-state index contributed by atoms with van der Waals surface area (Å²) < 4.78 is 5.59. The van der Waals surface area contributed by atoms with Crippen LogP contribution in [0.3, 0.4) is 0 Å². The molecule has 0 aliphatic carbocycles. The summed E-state index contributed by atoms with van der Waals surface area (Å²) in [6.07, 6.45) is 0. The molecular weight excluding hydrogens is 344 g/mol. The summed E-state index contributed by atoms with van der Waals surface area (Å²) in [7, 11) is 0. The Morgan fingerprint density at radius 2 is 1.68 bits per heavy atom. The van der Waals surface area contributed by atoms with E-state index in [1.54, 1.807) is 18.2 Å². The molecule has 2 heterocycles. The van der Waals surface area contributed by atoms with Crippen LogP contribution >= 0.6 is 11.6 Å². The van der Waals surface area contributed by atoms with Crippen LogP contribution in [0.1, 0.15) is 0 Å². The van der Waals surface area contributed by atoms with Crippen molar-refractivity contribution in [2.45, 2.75) is 0 Å². The monoisotopic (exact) mass is 354 g/mol. The van der Waals surface area contributed by atoms with Crippen LogP contribution in [0.2, 0.25) is 5.02 Å². The van der Waals surface area contributed by atoms with Crippen LogP contribution in [0.4, 0.5) is 0 Å². The molecule has 0 saturated heterocycles. The third-order valence-corrected chi connectivity index (χ3v) is 3.84. The van der Waals surface area contributed by atoms with Crippen LogP contribution in [0.25, 0.3) is 34.3 Å². The van der Waals surface area contributed by atoms with E-state index in [-0.39, 0.29) is 23.3 Å². The molecule has 0 amide bonds. The van der Waals surface area contributed by atoms with Crippen LogP contribution in [0.5, 0.6) is 11.5 Å². The van der Waals surface area contributed by atoms with E-state index in [1.807, 2.05) is 12.1 Å². The Morgan fingerprint density at radius 3 is 2.44 bits per heavy atom. The average Bonchev–Trinajstić information content (AvgIpc) is 3.24. The van der Waals surface area contributed by atoms with E-state index >= 15 is 0 Å². The molecule has 0 saturated carbocycles. The van der Waals surface area contributed by atoms with Crippen molar-refractivity contribution in [3.63, 3.8) is 0 Å². The van der Waals surface area contributed by atoms with Crippen molar-refractivity contribution < 1.29 is 14.6 Å². The number of hydrogen-bond acceptors (Lipinski definition) is 6. The molecule has 0 bridgehead atoms. The molecule has 4 rings (SSSR count). The molecule has 7 nitrogen and oxygen atoms in total. The molecule has 3 N–H and O–H groups in total. The summed E-state index contributed by atoms with van der Waals surface area (Å²) in [5.74, 6) is 0.161. The fourth-order valence-electron chi connectivity index (χ4n) is 2.34. The number of halogens is 1. The van der Waals surface area contributed by atoms with Gasteiger partial charge in [0.1, 0.15) is 17.2 Å². The number of aromatic nitrogens is 4. The zero-order valence-corrected chi connectivity index (χ0v) is 13.4. The molecule has 2 aromatic heterocycles. The Hall–Kier alpha value is -3.32. The number of nitrogens with zero attached hydrogens (tertiary/aromatic N) is 3. The van der Waals surface area contributed by atoms with E-state index in [9.17, 15) is 10.2 Å². The van der Waals surface area contributed by atoms with E-state index in [0.29, 0.717) is 22.0 Å². The molecule has 0 radical (unpaired) electrons. The van der Waals surface area contributed by atoms with Crippen molar-refractivity contribution >= 4 is 11.6 Å². The second-order valence-electron chi connectivity index (χ2n) is 5.29. The maximum atomic E-state index is 9.88. The second kappa shape index (κ2) is 5.95. The number of aromatic amines is 1. The highest BCUT2D eigenvalue weighted by Crippen LogP contribution is 2.33. The summed E-state index contributed by atoms with van der Waals surface area (Å²) in [6.45, 7) is 0. The minimum Gasteiger partial charge on any atom is -0.508 e. The molecule has 0 atom stereocenters. The van der Waals surface area contributed by atoms with Crippen LogP contribution in [-0.4, -0.2) is 30.6 Å². The van der Waals surface area contributed by atoms with Crippen molar-refractivity contribution in [2.24, 2.45) is 0 Å². The molecule has 4 aromatic rings. The van der Waals surface area contributed by atoms with Gasteiger partial charge in [0.2, 0.25) is 0 Å². The number of aromatic hydroxyl groups is 2. The van der Waals surface area contributed by atoms with Crippen LogP contribution in [-0.2, 0) is 0 Å². The smallest absolute Gasteiger partial charge is 0.266 e. The predicted octanol–water partition coefficient (Wildman–Crippen LogP) is 3.86. The quantitative estimate of drug-likeness (QED) is 0.515. The lowest BCUT2D eigenvalue weighted by Gasteiger charge is -1.99. The standard InChI is InChI=1S/C17H11ClN4O3/c18-10-3-1-9(2-4-10)13-8-14(20-19-13)17-22-21-16(25-17)12-6-5-11(23)7-15(12)24/h1-8,23-24H,(H,19,20). The first kappa shape index (κ1) is 15.2. The number of phenols is 2. The number of nitrogens with one attached hydrogen (secondary N) is 1. The van der Waals surface area contributed by atoms with Crippen molar-refractivity contribution in [1.29, 1.82) is 0 Å². The third-order valence-electron chi connectivity index (χ3n) is 3.58. The van der Waals surface area contributed by atoms with Crippen LogP contribution in [0.15, 0.2) is 52.9 Å². The topological polar surface area (TPSA) is 108 Å². The molecule has 124 valence electrons. The maximum absolute atomic E-state index is 9.88. The minimum absolute atomic E-state index is 0.0536. The van der Waals surface area contributed by atoms with Gasteiger partial charge in [-0.1, -0.05) is 23.7 Å². The van der Waals surface area contributed by atoms with Gasteiger partial charge in [-0.3, -0.25) is 5.10 Å². The second-order valence-corrected chi connectivity index (χ2v) is 5.72. The predicted molar refractivity (Wildman–Crippen MR) is 91.1 cm³/mol. The highest BCUT2D eigenvalue weighted by atomic mass is 35.5. The molecule has 0 fully saturated rings. The van der Waals surface area contributed by atoms with Gasteiger partial charge in [0, 0.05) is 16.7 Å². The molecule has 0 aliphatic heterocycles. The van der Waals surface area contributed by atoms with Gasteiger partial charge in [-0.05, 0) is 30.3 Å². The molecule has 0 spiro atoms. The highest BCUT2D eigenvalue weighted by Gasteiger charge is 2.16. The van der Waals surface area contributed by atoms with E-state index in [2.05, 4.69) is 20.4 Å². The summed E-state index contributed by atoms with van der Waals surface area (Å²) in [5.41, 5.74) is 2.47. The van der Waals surface area contributed by atoms with Gasteiger partial charge in [-0.25, -0.2) is 0 Å². The maximum Gasteiger partial charge on any atom is 0.266 e. The summed E-state index contributed by atoms with van der Waals surface area (Å²) in [5, 5.41) is 34.8. The summed E-state index contributed by atoms with van der Waals surface area (Å²) in [6, 6.07) is 13.2. The van der Waals surface area contributed by atoms with Gasteiger partial charge in [0.25, 0.3) is 11.8 Å². The first-order valence-corrected chi connectivity index (χ1v) is 7.65. The van der Waals surface area contributed by atoms with Gasteiger partial charge in [-0.15, -0.1) is 10.2 Å². The van der Waals surface area contributed by atoms with Gasteiger partial charge >= 0.3 is 0 Å². The van der Waals surface area contributed by atoms with Crippen molar-refractivity contribution in [1.82, 2.24) is 20.4 Å². The fraction of sp³-hybridized carbons (Fsp3) is 0. The average molecular weight is 355 g/mol. The summed E-state index contributed by atoms with van der Waals surface area (Å²) >= 11 is 5.89. The van der Waals surface area contributed by atoms with Gasteiger partial charge < -0.3 is 14.6 Å². The SMILES string of the molecule is Oc1ccc(-c2nnc(-c3cc(-c4ccc(Cl)cc4)n[nH]3)o2)c(O)c1. The lowest BCUT2D eigenvalue weighted by atomic mass is 10.1. The van der Waals surface area contributed by atoms with Crippen LogP contribution < -0.4 is 0 Å². The Balaban J connectivity index is 1.65. The van der Waals surface area contributed by atoms with E-state index < -0.39 is 0 Å². The fourth-order valence-corrected chi connectivity index (χ4v) is 2.47. The molecule has 0 aliphatic rings. The first-order valence-electron chi connectivity index (χ1n) is 7.28. The third kappa shape index (κ3) is 2.92. The Morgan fingerprint density at radius 1 is 0.920 bits per heavy atom. The van der Waals surface area contributed by atoms with E-state index in [0.717, 1.165) is 5.56 Å².